The molecule has 1 fully saturated rings. The number of carbonyl (C=O) groups is 1. The molecule has 1 aromatic carbocycles. The molecule has 2 atom stereocenters. The van der Waals surface area contributed by atoms with Gasteiger partial charge in [-0.05, 0) is 43.0 Å². The van der Waals surface area contributed by atoms with Crippen LogP contribution in [0.2, 0.25) is 0 Å². The normalized spacial score (nSPS) is 19.1. The second-order valence-corrected chi connectivity index (χ2v) is 5.61. The van der Waals surface area contributed by atoms with E-state index in [1.165, 1.54) is 12.1 Å². The molecule has 0 radical (unpaired) electrons. The molecule has 2 N–H and O–H groups in total. The Hall–Kier alpha value is -2.14. The van der Waals surface area contributed by atoms with Gasteiger partial charge in [-0.25, -0.2) is 4.39 Å². The van der Waals surface area contributed by atoms with Crippen molar-refractivity contribution in [3.8, 4) is 0 Å². The smallest absolute Gasteiger partial charge is 0.253 e. The first-order valence-corrected chi connectivity index (χ1v) is 7.46. The van der Waals surface area contributed by atoms with Crippen LogP contribution in [0.1, 0.15) is 40.4 Å². The van der Waals surface area contributed by atoms with Crippen LogP contribution in [0.3, 0.4) is 0 Å². The van der Waals surface area contributed by atoms with E-state index in [1.807, 2.05) is 6.92 Å². The fraction of sp³-hybridized carbons (Fsp3) is 0.353. The third kappa shape index (κ3) is 3.04. The van der Waals surface area contributed by atoms with E-state index in [1.54, 1.807) is 24.5 Å². The summed E-state index contributed by atoms with van der Waals surface area (Å²) in [4.78, 5) is 15.4. The molecule has 1 amide bonds. The fourth-order valence-corrected chi connectivity index (χ4v) is 2.83. The molecule has 1 aliphatic rings. The van der Waals surface area contributed by atoms with Crippen molar-refractivity contribution in [1.82, 2.24) is 10.3 Å². The Bertz CT molecular complexity index is 645. The number of amides is 1. The van der Waals surface area contributed by atoms with Crippen LogP contribution in [0.25, 0.3) is 0 Å². The van der Waals surface area contributed by atoms with Crippen LogP contribution in [-0.4, -0.2) is 23.6 Å². The Morgan fingerprint density at radius 2 is 2.14 bits per heavy atom. The average Bonchev–Trinajstić information content (AvgIpc) is 3.17. The number of aromatic amines is 1. The predicted molar refractivity (Wildman–Crippen MR) is 81.1 cm³/mol. The molecule has 22 heavy (non-hydrogen) atoms. The van der Waals surface area contributed by atoms with Gasteiger partial charge in [-0.1, -0.05) is 12.1 Å². The average molecular weight is 302 g/mol. The molecule has 1 aliphatic heterocycles. The summed E-state index contributed by atoms with van der Waals surface area (Å²) in [6.45, 7) is 2.58. The van der Waals surface area contributed by atoms with Crippen molar-refractivity contribution in [2.75, 3.05) is 6.61 Å². The maximum atomic E-state index is 13.1. The first-order valence-electron chi connectivity index (χ1n) is 7.46. The number of carbonyl (C=O) groups excluding carboxylic acids is 1. The van der Waals surface area contributed by atoms with Crippen LogP contribution in [-0.2, 0) is 4.74 Å². The van der Waals surface area contributed by atoms with Crippen molar-refractivity contribution in [3.63, 3.8) is 0 Å². The fourth-order valence-electron chi connectivity index (χ4n) is 2.83. The number of ether oxygens (including phenoxy) is 1. The first-order chi connectivity index (χ1) is 10.6. The number of halogens is 1. The van der Waals surface area contributed by atoms with E-state index in [0.717, 1.165) is 24.0 Å². The molecule has 0 saturated carbocycles. The van der Waals surface area contributed by atoms with Crippen LogP contribution in [0.4, 0.5) is 4.39 Å². The molecule has 5 heteroatoms. The number of benzene rings is 1. The zero-order chi connectivity index (χ0) is 15.5. The topological polar surface area (TPSA) is 54.1 Å². The summed E-state index contributed by atoms with van der Waals surface area (Å²) < 4.78 is 18.9. The van der Waals surface area contributed by atoms with Crippen molar-refractivity contribution in [1.29, 1.82) is 0 Å². The quantitative estimate of drug-likeness (QED) is 0.912. The minimum absolute atomic E-state index is 0.0753. The summed E-state index contributed by atoms with van der Waals surface area (Å²) in [6, 6.07) is 5.94. The molecule has 2 heterocycles. The predicted octanol–water partition coefficient (Wildman–Crippen LogP) is 3.11. The highest BCUT2D eigenvalue weighted by molar-refractivity contribution is 5.95. The highest BCUT2D eigenvalue weighted by Gasteiger charge is 2.29. The lowest BCUT2D eigenvalue weighted by molar-refractivity contribution is 0.0672. The van der Waals surface area contributed by atoms with E-state index in [4.69, 9.17) is 4.74 Å². The lowest BCUT2D eigenvalue weighted by Crippen LogP contribution is -2.36. The molecule has 0 bridgehead atoms. The molecule has 3 rings (SSSR count). The van der Waals surface area contributed by atoms with Crippen LogP contribution in [0.5, 0.6) is 0 Å². The molecule has 116 valence electrons. The maximum Gasteiger partial charge on any atom is 0.253 e. The highest BCUT2D eigenvalue weighted by Crippen LogP contribution is 2.27. The Kier molecular flexibility index (Phi) is 4.24. The van der Waals surface area contributed by atoms with Crippen molar-refractivity contribution in [2.24, 2.45) is 0 Å². The van der Waals surface area contributed by atoms with Crippen molar-refractivity contribution in [3.05, 3.63) is 59.2 Å². The molecule has 1 saturated heterocycles. The van der Waals surface area contributed by atoms with E-state index < -0.39 is 0 Å². The van der Waals surface area contributed by atoms with Gasteiger partial charge in [0.05, 0.1) is 17.7 Å². The van der Waals surface area contributed by atoms with E-state index in [9.17, 15) is 9.18 Å². The highest BCUT2D eigenvalue weighted by atomic mass is 19.1. The summed E-state index contributed by atoms with van der Waals surface area (Å²) in [7, 11) is 0. The number of aryl methyl sites for hydroxylation is 1. The summed E-state index contributed by atoms with van der Waals surface area (Å²) in [5, 5.41) is 3.03. The van der Waals surface area contributed by atoms with Gasteiger partial charge in [0.1, 0.15) is 5.82 Å². The molecule has 0 spiro atoms. The van der Waals surface area contributed by atoms with Gasteiger partial charge >= 0.3 is 0 Å². The van der Waals surface area contributed by atoms with Crippen molar-refractivity contribution >= 4 is 5.91 Å². The minimum Gasteiger partial charge on any atom is -0.376 e. The minimum atomic E-state index is -0.289. The van der Waals surface area contributed by atoms with E-state index in [-0.39, 0.29) is 23.9 Å². The standard InChI is InChI=1S/C17H19FN2O2/c1-11-9-19-10-14(11)17(21)20-16(15-3-2-8-22-15)12-4-6-13(18)7-5-12/h4-7,9-10,15-16,19H,2-3,8H2,1H3,(H,20,21)/t15-,16-/m0/s1. The zero-order valence-electron chi connectivity index (χ0n) is 12.4. The first kappa shape index (κ1) is 14.8. The largest absolute Gasteiger partial charge is 0.376 e. The van der Waals surface area contributed by atoms with E-state index in [2.05, 4.69) is 10.3 Å². The van der Waals surface area contributed by atoms with Crippen molar-refractivity contribution < 1.29 is 13.9 Å². The maximum absolute atomic E-state index is 13.1. The van der Waals surface area contributed by atoms with Crippen molar-refractivity contribution in [2.45, 2.75) is 31.9 Å². The lowest BCUT2D eigenvalue weighted by Gasteiger charge is -2.24. The molecule has 2 aromatic rings. The van der Waals surface area contributed by atoms with Gasteiger partial charge < -0.3 is 15.0 Å². The molecule has 0 aliphatic carbocycles. The molecule has 4 nitrogen and oxygen atoms in total. The number of nitrogens with one attached hydrogen (secondary N) is 2. The van der Waals surface area contributed by atoms with Gasteiger partial charge in [-0.15, -0.1) is 0 Å². The van der Waals surface area contributed by atoms with Crippen LogP contribution >= 0.6 is 0 Å². The van der Waals surface area contributed by atoms with Crippen LogP contribution < -0.4 is 5.32 Å². The Balaban J connectivity index is 1.84. The van der Waals surface area contributed by atoms with Gasteiger partial charge in [0.15, 0.2) is 0 Å². The number of H-pyrrole nitrogens is 1. The Morgan fingerprint density at radius 3 is 2.73 bits per heavy atom. The number of hydrogen-bond donors (Lipinski definition) is 2. The summed E-state index contributed by atoms with van der Waals surface area (Å²) >= 11 is 0. The van der Waals surface area contributed by atoms with Gasteiger partial charge in [0.25, 0.3) is 5.91 Å². The van der Waals surface area contributed by atoms with E-state index >= 15 is 0 Å². The molecular weight excluding hydrogens is 283 g/mol. The lowest BCUT2D eigenvalue weighted by atomic mass is 9.98. The summed E-state index contributed by atoms with van der Waals surface area (Å²) in [5.74, 6) is -0.439. The third-order valence-electron chi connectivity index (χ3n) is 4.05. The summed E-state index contributed by atoms with van der Waals surface area (Å²) in [5.41, 5.74) is 2.36. The number of rotatable bonds is 4. The second kappa shape index (κ2) is 6.32. The second-order valence-electron chi connectivity index (χ2n) is 5.61. The Morgan fingerprint density at radius 1 is 1.36 bits per heavy atom. The van der Waals surface area contributed by atoms with Crippen LogP contribution in [0, 0.1) is 12.7 Å². The monoisotopic (exact) mass is 302 g/mol. The molecule has 0 unspecified atom stereocenters. The SMILES string of the molecule is Cc1c[nH]cc1C(=O)N[C@@H](c1ccc(F)cc1)[C@@H]1CCCO1. The Labute approximate surface area is 128 Å². The van der Waals surface area contributed by atoms with Gasteiger partial charge in [-0.2, -0.15) is 0 Å². The molecule has 1 aromatic heterocycles. The zero-order valence-corrected chi connectivity index (χ0v) is 12.4. The van der Waals surface area contributed by atoms with Gasteiger partial charge in [0, 0.05) is 19.0 Å². The number of hydrogen-bond acceptors (Lipinski definition) is 2. The summed E-state index contributed by atoms with van der Waals surface area (Å²) in [6.07, 6.45) is 5.25. The van der Waals surface area contributed by atoms with Gasteiger partial charge in [-0.3, -0.25) is 4.79 Å². The molecular formula is C17H19FN2O2. The van der Waals surface area contributed by atoms with Gasteiger partial charge in [0.2, 0.25) is 0 Å². The third-order valence-corrected chi connectivity index (χ3v) is 4.05. The van der Waals surface area contributed by atoms with E-state index in [0.29, 0.717) is 12.2 Å². The number of aromatic nitrogens is 1. The van der Waals surface area contributed by atoms with Crippen LogP contribution in [0.15, 0.2) is 36.7 Å².